The SMILES string of the molecule is CCCc1cc(OC)c2cc(C(N)=NO)ccc2n1. The minimum absolute atomic E-state index is 0.0709. The van der Waals surface area contributed by atoms with Crippen molar-refractivity contribution < 1.29 is 9.94 Å². The minimum Gasteiger partial charge on any atom is -0.496 e. The van der Waals surface area contributed by atoms with E-state index >= 15 is 0 Å². The Hall–Kier alpha value is -2.30. The van der Waals surface area contributed by atoms with E-state index in [0.717, 1.165) is 35.2 Å². The Kier molecular flexibility index (Phi) is 3.85. The topological polar surface area (TPSA) is 80.7 Å². The van der Waals surface area contributed by atoms with E-state index in [1.807, 2.05) is 18.2 Å². The number of hydrogen-bond acceptors (Lipinski definition) is 4. The van der Waals surface area contributed by atoms with Crippen molar-refractivity contribution in [2.45, 2.75) is 19.8 Å². The first-order chi connectivity index (χ1) is 9.19. The second-order valence-corrected chi connectivity index (χ2v) is 4.28. The van der Waals surface area contributed by atoms with Gasteiger partial charge in [0.2, 0.25) is 0 Å². The number of benzene rings is 1. The molecule has 0 amide bonds. The van der Waals surface area contributed by atoms with Gasteiger partial charge < -0.3 is 15.7 Å². The molecule has 19 heavy (non-hydrogen) atoms. The van der Waals surface area contributed by atoms with E-state index in [-0.39, 0.29) is 5.84 Å². The van der Waals surface area contributed by atoms with Crippen molar-refractivity contribution in [3.05, 3.63) is 35.5 Å². The Morgan fingerprint density at radius 2 is 2.21 bits per heavy atom. The average Bonchev–Trinajstić information content (AvgIpc) is 2.45. The van der Waals surface area contributed by atoms with Gasteiger partial charge in [0.25, 0.3) is 0 Å². The molecule has 0 spiro atoms. The summed E-state index contributed by atoms with van der Waals surface area (Å²) in [6, 6.07) is 7.37. The van der Waals surface area contributed by atoms with Crippen LogP contribution in [-0.2, 0) is 6.42 Å². The summed E-state index contributed by atoms with van der Waals surface area (Å²) in [5.41, 5.74) is 8.08. The van der Waals surface area contributed by atoms with Crippen LogP contribution in [0.3, 0.4) is 0 Å². The summed E-state index contributed by atoms with van der Waals surface area (Å²) >= 11 is 0. The van der Waals surface area contributed by atoms with Gasteiger partial charge in [-0.25, -0.2) is 0 Å². The molecule has 0 saturated heterocycles. The first kappa shape index (κ1) is 13.1. The number of aromatic nitrogens is 1. The van der Waals surface area contributed by atoms with E-state index in [9.17, 15) is 0 Å². The van der Waals surface area contributed by atoms with Crippen LogP contribution in [0.1, 0.15) is 24.6 Å². The Balaban J connectivity index is 2.62. The van der Waals surface area contributed by atoms with Crippen molar-refractivity contribution in [1.82, 2.24) is 4.98 Å². The van der Waals surface area contributed by atoms with Crippen molar-refractivity contribution in [1.29, 1.82) is 0 Å². The van der Waals surface area contributed by atoms with E-state index in [0.29, 0.717) is 5.56 Å². The molecule has 0 unspecified atom stereocenters. The molecule has 2 aromatic rings. The van der Waals surface area contributed by atoms with Gasteiger partial charge in [0.15, 0.2) is 5.84 Å². The molecule has 0 saturated carbocycles. The summed E-state index contributed by atoms with van der Waals surface area (Å²) in [5.74, 6) is 0.822. The fourth-order valence-electron chi connectivity index (χ4n) is 2.02. The standard InChI is InChI=1S/C14H17N3O2/c1-3-4-10-8-13(19-2)11-7-9(14(15)17-18)5-6-12(11)16-10/h5-8,18H,3-4H2,1-2H3,(H2,15,17). The third-order valence-corrected chi connectivity index (χ3v) is 2.95. The van der Waals surface area contributed by atoms with E-state index in [2.05, 4.69) is 17.1 Å². The molecule has 0 bridgehead atoms. The molecular formula is C14H17N3O2. The first-order valence-corrected chi connectivity index (χ1v) is 6.15. The van der Waals surface area contributed by atoms with Gasteiger partial charge in [-0.05, 0) is 24.6 Å². The molecule has 0 aliphatic heterocycles. The van der Waals surface area contributed by atoms with Gasteiger partial charge in [-0.1, -0.05) is 18.5 Å². The minimum atomic E-state index is 0.0709. The van der Waals surface area contributed by atoms with E-state index in [1.54, 1.807) is 13.2 Å². The fraction of sp³-hybridized carbons (Fsp3) is 0.286. The van der Waals surface area contributed by atoms with Gasteiger partial charge in [-0.3, -0.25) is 4.98 Å². The van der Waals surface area contributed by atoms with Crippen molar-refractivity contribution in [3.8, 4) is 5.75 Å². The maximum absolute atomic E-state index is 8.72. The highest BCUT2D eigenvalue weighted by atomic mass is 16.5. The Labute approximate surface area is 111 Å². The zero-order valence-corrected chi connectivity index (χ0v) is 11.1. The summed E-state index contributed by atoms with van der Waals surface area (Å²) in [4.78, 5) is 4.58. The Morgan fingerprint density at radius 3 is 2.84 bits per heavy atom. The van der Waals surface area contributed by atoms with Gasteiger partial charge in [-0.2, -0.15) is 0 Å². The number of aryl methyl sites for hydroxylation is 1. The second-order valence-electron chi connectivity index (χ2n) is 4.28. The van der Waals surface area contributed by atoms with Crippen molar-refractivity contribution >= 4 is 16.7 Å². The van der Waals surface area contributed by atoms with Crippen LogP contribution in [0.15, 0.2) is 29.4 Å². The number of methoxy groups -OCH3 is 1. The van der Waals surface area contributed by atoms with E-state index in [1.165, 1.54) is 0 Å². The number of oxime groups is 1. The Morgan fingerprint density at radius 1 is 1.42 bits per heavy atom. The zero-order valence-electron chi connectivity index (χ0n) is 11.1. The van der Waals surface area contributed by atoms with Gasteiger partial charge in [-0.15, -0.1) is 0 Å². The number of hydrogen-bond donors (Lipinski definition) is 2. The molecule has 5 heteroatoms. The van der Waals surface area contributed by atoms with Crippen LogP contribution in [0.25, 0.3) is 10.9 Å². The molecule has 0 radical (unpaired) electrons. The quantitative estimate of drug-likeness (QED) is 0.382. The normalized spacial score (nSPS) is 11.8. The van der Waals surface area contributed by atoms with E-state index in [4.69, 9.17) is 15.7 Å². The summed E-state index contributed by atoms with van der Waals surface area (Å²) in [7, 11) is 1.63. The second kappa shape index (κ2) is 5.56. The molecule has 2 rings (SSSR count). The van der Waals surface area contributed by atoms with Crippen molar-refractivity contribution in [3.63, 3.8) is 0 Å². The summed E-state index contributed by atoms with van der Waals surface area (Å²) < 4.78 is 5.40. The summed E-state index contributed by atoms with van der Waals surface area (Å²) in [6.45, 7) is 2.11. The molecule has 0 fully saturated rings. The van der Waals surface area contributed by atoms with Crippen LogP contribution in [0, 0.1) is 0 Å². The Bertz CT molecular complexity index is 623. The van der Waals surface area contributed by atoms with Crippen molar-refractivity contribution in [2.24, 2.45) is 10.9 Å². The molecule has 1 aromatic carbocycles. The maximum atomic E-state index is 8.72. The molecular weight excluding hydrogens is 242 g/mol. The molecule has 5 nitrogen and oxygen atoms in total. The molecule has 3 N–H and O–H groups in total. The number of amidine groups is 1. The lowest BCUT2D eigenvalue weighted by Crippen LogP contribution is -2.12. The maximum Gasteiger partial charge on any atom is 0.170 e. The van der Waals surface area contributed by atoms with Crippen LogP contribution in [0.5, 0.6) is 5.75 Å². The first-order valence-electron chi connectivity index (χ1n) is 6.15. The number of rotatable bonds is 4. The predicted octanol–water partition coefficient (Wildman–Crippen LogP) is 2.29. The zero-order chi connectivity index (χ0) is 13.8. The fourth-order valence-corrected chi connectivity index (χ4v) is 2.02. The van der Waals surface area contributed by atoms with Crippen LogP contribution in [0.4, 0.5) is 0 Å². The monoisotopic (exact) mass is 259 g/mol. The number of ether oxygens (including phenoxy) is 1. The number of pyridine rings is 1. The van der Waals surface area contributed by atoms with Crippen LogP contribution in [0.2, 0.25) is 0 Å². The third kappa shape index (κ3) is 2.59. The molecule has 1 aromatic heterocycles. The van der Waals surface area contributed by atoms with Gasteiger partial charge in [0.1, 0.15) is 5.75 Å². The third-order valence-electron chi connectivity index (χ3n) is 2.95. The lowest BCUT2D eigenvalue weighted by molar-refractivity contribution is 0.318. The molecule has 0 aliphatic rings. The van der Waals surface area contributed by atoms with Crippen LogP contribution >= 0.6 is 0 Å². The number of nitrogens with two attached hydrogens (primary N) is 1. The molecule has 100 valence electrons. The number of fused-ring (bicyclic) bond motifs is 1. The number of nitrogens with zero attached hydrogens (tertiary/aromatic N) is 2. The summed E-state index contributed by atoms with van der Waals surface area (Å²) in [5, 5.41) is 12.6. The summed E-state index contributed by atoms with van der Waals surface area (Å²) in [6.07, 6.45) is 1.94. The van der Waals surface area contributed by atoms with Gasteiger partial charge >= 0.3 is 0 Å². The largest absolute Gasteiger partial charge is 0.496 e. The molecule has 0 aliphatic carbocycles. The highest BCUT2D eigenvalue weighted by Crippen LogP contribution is 2.26. The van der Waals surface area contributed by atoms with Crippen LogP contribution in [-0.4, -0.2) is 23.1 Å². The molecule has 1 heterocycles. The smallest absolute Gasteiger partial charge is 0.170 e. The predicted molar refractivity (Wildman–Crippen MR) is 74.8 cm³/mol. The average molecular weight is 259 g/mol. The van der Waals surface area contributed by atoms with Crippen LogP contribution < -0.4 is 10.5 Å². The van der Waals surface area contributed by atoms with E-state index < -0.39 is 0 Å². The van der Waals surface area contributed by atoms with Crippen molar-refractivity contribution in [2.75, 3.05) is 7.11 Å². The lowest BCUT2D eigenvalue weighted by atomic mass is 10.1. The van der Waals surface area contributed by atoms with Gasteiger partial charge in [0.05, 0.1) is 12.6 Å². The molecule has 0 atom stereocenters. The lowest BCUT2D eigenvalue weighted by Gasteiger charge is -2.09. The highest BCUT2D eigenvalue weighted by Gasteiger charge is 2.08. The highest BCUT2D eigenvalue weighted by molar-refractivity contribution is 6.01. The van der Waals surface area contributed by atoms with Gasteiger partial charge in [0, 0.05) is 22.7 Å².